The Morgan fingerprint density at radius 3 is 2.00 bits per heavy atom. The minimum atomic E-state index is -2.66. The number of hydrogen-bond acceptors (Lipinski definition) is 2. The maximum absolute atomic E-state index is 13.1. The van der Waals surface area contributed by atoms with Crippen molar-refractivity contribution >= 4 is 0 Å². The molecule has 0 aliphatic carbocycles. The second-order valence-electron chi connectivity index (χ2n) is 3.64. The van der Waals surface area contributed by atoms with Crippen molar-refractivity contribution in [2.45, 2.75) is 24.3 Å². The highest BCUT2D eigenvalue weighted by Crippen LogP contribution is 2.40. The fraction of sp³-hybridized carbons (Fsp3) is 1.00. The summed E-state index contributed by atoms with van der Waals surface area (Å²) in [4.78, 5) is 1.79. The molecule has 64 valence electrons. The molecule has 3 saturated heterocycles. The van der Waals surface area contributed by atoms with Crippen LogP contribution in [-0.2, 0) is 0 Å². The SMILES string of the molecule is NC12CCN(CC1)CC2(F)F. The van der Waals surface area contributed by atoms with Gasteiger partial charge in [0.05, 0.1) is 12.1 Å². The van der Waals surface area contributed by atoms with Gasteiger partial charge < -0.3 is 5.73 Å². The van der Waals surface area contributed by atoms with Crippen LogP contribution in [0.25, 0.3) is 0 Å². The quantitative estimate of drug-likeness (QED) is 0.559. The Kier molecular flexibility index (Phi) is 1.30. The monoisotopic (exact) mass is 162 g/mol. The first kappa shape index (κ1) is 7.43. The van der Waals surface area contributed by atoms with Crippen molar-refractivity contribution < 1.29 is 8.78 Å². The number of nitrogens with zero attached hydrogens (tertiary/aromatic N) is 1. The van der Waals surface area contributed by atoms with E-state index in [4.69, 9.17) is 5.73 Å². The van der Waals surface area contributed by atoms with Crippen molar-refractivity contribution in [1.82, 2.24) is 4.90 Å². The minimum absolute atomic E-state index is 0.135. The third-order valence-electron chi connectivity index (χ3n) is 2.90. The van der Waals surface area contributed by atoms with Gasteiger partial charge in [0.25, 0.3) is 5.92 Å². The van der Waals surface area contributed by atoms with Crippen molar-refractivity contribution in [3.8, 4) is 0 Å². The summed E-state index contributed by atoms with van der Waals surface area (Å²) in [6.07, 6.45) is 0.889. The number of hydrogen-bond donors (Lipinski definition) is 1. The van der Waals surface area contributed by atoms with Gasteiger partial charge in [-0.2, -0.15) is 0 Å². The number of nitrogens with two attached hydrogens (primary N) is 1. The highest BCUT2D eigenvalue weighted by Gasteiger charge is 2.57. The summed E-state index contributed by atoms with van der Waals surface area (Å²) >= 11 is 0. The van der Waals surface area contributed by atoms with Crippen molar-refractivity contribution in [2.24, 2.45) is 5.73 Å². The van der Waals surface area contributed by atoms with Crippen molar-refractivity contribution in [1.29, 1.82) is 0 Å². The van der Waals surface area contributed by atoms with Crippen molar-refractivity contribution in [2.75, 3.05) is 19.6 Å². The smallest absolute Gasteiger partial charge is 0.278 e. The summed E-state index contributed by atoms with van der Waals surface area (Å²) in [5, 5.41) is 0. The first-order valence-electron chi connectivity index (χ1n) is 3.93. The summed E-state index contributed by atoms with van der Waals surface area (Å²) in [6.45, 7) is 1.35. The lowest BCUT2D eigenvalue weighted by Gasteiger charge is -2.51. The summed E-state index contributed by atoms with van der Waals surface area (Å²) in [5.74, 6) is -2.66. The molecule has 4 heteroatoms. The highest BCUT2D eigenvalue weighted by molar-refractivity contribution is 5.07. The minimum Gasteiger partial charge on any atom is -0.320 e. The molecule has 0 unspecified atom stereocenters. The molecule has 11 heavy (non-hydrogen) atoms. The van der Waals surface area contributed by atoms with Gasteiger partial charge >= 0.3 is 0 Å². The summed E-state index contributed by atoms with van der Waals surface area (Å²) in [5.41, 5.74) is 4.40. The van der Waals surface area contributed by atoms with Gasteiger partial charge in [-0.1, -0.05) is 0 Å². The van der Waals surface area contributed by atoms with Crippen LogP contribution in [0.2, 0.25) is 0 Å². The van der Waals surface area contributed by atoms with Gasteiger partial charge in [-0.15, -0.1) is 0 Å². The molecule has 2 N–H and O–H groups in total. The Bertz CT molecular complexity index is 173. The lowest BCUT2D eigenvalue weighted by atomic mass is 9.78. The number of fused-ring (bicyclic) bond motifs is 3. The normalized spacial score (nSPS) is 47.7. The molecule has 3 rings (SSSR count). The standard InChI is InChI=1S/C7H12F2N2/c8-7(9)5-11-3-1-6(7,10)2-4-11/h1-5,10H2. The van der Waals surface area contributed by atoms with E-state index >= 15 is 0 Å². The van der Waals surface area contributed by atoms with Crippen LogP contribution in [0, 0.1) is 0 Å². The molecule has 0 amide bonds. The Hall–Kier alpha value is -0.220. The van der Waals surface area contributed by atoms with Gasteiger partial charge in [-0.25, -0.2) is 8.78 Å². The Labute approximate surface area is 64.3 Å². The fourth-order valence-electron chi connectivity index (χ4n) is 1.91. The molecule has 0 aromatic heterocycles. The second-order valence-corrected chi connectivity index (χ2v) is 3.64. The van der Waals surface area contributed by atoms with Gasteiger partial charge in [-0.05, 0) is 12.8 Å². The summed E-state index contributed by atoms with van der Waals surface area (Å²) in [7, 11) is 0. The lowest BCUT2D eigenvalue weighted by molar-refractivity contribution is -0.156. The zero-order valence-electron chi connectivity index (χ0n) is 6.32. The van der Waals surface area contributed by atoms with Crippen LogP contribution >= 0.6 is 0 Å². The number of alkyl halides is 2. The van der Waals surface area contributed by atoms with Crippen LogP contribution in [0.1, 0.15) is 12.8 Å². The summed E-state index contributed by atoms with van der Waals surface area (Å²) in [6, 6.07) is 0. The predicted octanol–water partition coefficient (Wildman–Crippen LogP) is 0.429. The third kappa shape index (κ3) is 0.891. The molecule has 3 heterocycles. The van der Waals surface area contributed by atoms with Crippen LogP contribution in [0.3, 0.4) is 0 Å². The molecule has 3 aliphatic rings. The predicted molar refractivity (Wildman–Crippen MR) is 37.5 cm³/mol. The van der Waals surface area contributed by atoms with Crippen LogP contribution in [0.4, 0.5) is 8.78 Å². The van der Waals surface area contributed by atoms with E-state index in [2.05, 4.69) is 0 Å². The van der Waals surface area contributed by atoms with Gasteiger partial charge in [-0.3, -0.25) is 4.90 Å². The van der Waals surface area contributed by atoms with Crippen molar-refractivity contribution in [3.63, 3.8) is 0 Å². The van der Waals surface area contributed by atoms with E-state index in [1.807, 2.05) is 0 Å². The zero-order valence-corrected chi connectivity index (χ0v) is 6.32. The molecule has 0 aromatic rings. The van der Waals surface area contributed by atoms with E-state index in [1.165, 1.54) is 0 Å². The van der Waals surface area contributed by atoms with E-state index in [0.29, 0.717) is 12.8 Å². The van der Waals surface area contributed by atoms with Gasteiger partial charge in [0.15, 0.2) is 0 Å². The Balaban J connectivity index is 2.27. The third-order valence-corrected chi connectivity index (χ3v) is 2.90. The molecule has 0 spiro atoms. The van der Waals surface area contributed by atoms with E-state index in [9.17, 15) is 8.78 Å². The maximum atomic E-state index is 13.1. The first-order valence-corrected chi connectivity index (χ1v) is 3.93. The number of halogens is 2. The first-order chi connectivity index (χ1) is 5.04. The van der Waals surface area contributed by atoms with E-state index < -0.39 is 11.5 Å². The Morgan fingerprint density at radius 1 is 1.18 bits per heavy atom. The fourth-order valence-corrected chi connectivity index (χ4v) is 1.91. The number of rotatable bonds is 0. The zero-order chi connectivity index (χ0) is 8.11. The van der Waals surface area contributed by atoms with Crippen LogP contribution in [0.15, 0.2) is 0 Å². The molecule has 3 aliphatic heterocycles. The average Bonchev–Trinajstić information content (AvgIpc) is 1.91. The summed E-state index contributed by atoms with van der Waals surface area (Å²) < 4.78 is 26.2. The molecule has 0 atom stereocenters. The Morgan fingerprint density at radius 2 is 1.73 bits per heavy atom. The highest BCUT2D eigenvalue weighted by atomic mass is 19.3. The van der Waals surface area contributed by atoms with Crippen LogP contribution in [-0.4, -0.2) is 36.0 Å². The molecular weight excluding hydrogens is 150 g/mol. The molecule has 2 bridgehead atoms. The molecule has 2 nitrogen and oxygen atoms in total. The van der Waals surface area contributed by atoms with Gasteiger partial charge in [0.2, 0.25) is 0 Å². The van der Waals surface area contributed by atoms with E-state index in [1.54, 1.807) is 4.90 Å². The van der Waals surface area contributed by atoms with Crippen LogP contribution in [0.5, 0.6) is 0 Å². The molecule has 0 radical (unpaired) electrons. The maximum Gasteiger partial charge on any atom is 0.278 e. The molecule has 0 saturated carbocycles. The van der Waals surface area contributed by atoms with Gasteiger partial charge in [0, 0.05) is 13.1 Å². The van der Waals surface area contributed by atoms with Gasteiger partial charge in [0.1, 0.15) is 0 Å². The molecule has 3 fully saturated rings. The van der Waals surface area contributed by atoms with E-state index in [-0.39, 0.29) is 6.54 Å². The van der Waals surface area contributed by atoms with Crippen LogP contribution < -0.4 is 5.73 Å². The average molecular weight is 162 g/mol. The topological polar surface area (TPSA) is 29.3 Å². The second kappa shape index (κ2) is 1.93. The molecular formula is C7H12F2N2. The molecule has 0 aromatic carbocycles. The van der Waals surface area contributed by atoms with E-state index in [0.717, 1.165) is 13.1 Å². The number of piperidine rings is 3. The lowest BCUT2D eigenvalue weighted by Crippen LogP contribution is -2.70. The largest absolute Gasteiger partial charge is 0.320 e. The van der Waals surface area contributed by atoms with Crippen molar-refractivity contribution in [3.05, 3.63) is 0 Å².